The fraction of sp³-hybridized carbons (Fsp3) is 0.444. The van der Waals surface area contributed by atoms with Gasteiger partial charge in [-0.25, -0.2) is 0 Å². The van der Waals surface area contributed by atoms with E-state index in [1.54, 1.807) is 19.5 Å². The molecule has 2 aromatic rings. The first-order chi connectivity index (χ1) is 10.7. The van der Waals surface area contributed by atoms with Gasteiger partial charge in [-0.1, -0.05) is 0 Å². The Labute approximate surface area is 136 Å². The maximum absolute atomic E-state index is 11.1. The molecule has 1 N–H and O–H groups in total. The molecular weight excluding hydrogens is 294 g/mol. The van der Waals surface area contributed by atoms with E-state index in [0.29, 0.717) is 11.3 Å². The molecule has 0 aliphatic carbocycles. The lowest BCUT2D eigenvalue weighted by Crippen LogP contribution is -2.26. The number of nitrogens with zero attached hydrogens (tertiary/aromatic N) is 1. The Morgan fingerprint density at radius 1 is 1.30 bits per heavy atom. The number of aliphatic carboxylic acids is 1. The first kappa shape index (κ1) is 17.2. The van der Waals surface area contributed by atoms with Crippen LogP contribution in [0.25, 0.3) is 10.8 Å². The number of fused-ring (bicyclic) bond motifs is 1. The van der Waals surface area contributed by atoms with Crippen LogP contribution >= 0.6 is 0 Å². The number of carboxylic acids is 1. The van der Waals surface area contributed by atoms with E-state index in [9.17, 15) is 4.79 Å². The van der Waals surface area contributed by atoms with Crippen LogP contribution in [0, 0.1) is 0 Å². The zero-order valence-corrected chi connectivity index (χ0v) is 14.2. The minimum Gasteiger partial charge on any atom is -0.496 e. The van der Waals surface area contributed by atoms with Crippen molar-refractivity contribution < 1.29 is 19.4 Å². The summed E-state index contributed by atoms with van der Waals surface area (Å²) in [4.78, 5) is 15.2. The van der Waals surface area contributed by atoms with E-state index in [0.717, 1.165) is 16.3 Å². The van der Waals surface area contributed by atoms with Crippen LogP contribution in [0.1, 0.15) is 38.8 Å². The highest BCUT2D eigenvalue weighted by Gasteiger charge is 2.27. The molecule has 0 aliphatic heterocycles. The third-order valence-electron chi connectivity index (χ3n) is 3.68. The van der Waals surface area contributed by atoms with E-state index in [4.69, 9.17) is 14.6 Å². The maximum Gasteiger partial charge on any atom is 0.307 e. The number of ether oxygens (including phenoxy) is 2. The van der Waals surface area contributed by atoms with Gasteiger partial charge in [0.15, 0.2) is 0 Å². The molecule has 0 saturated carbocycles. The summed E-state index contributed by atoms with van der Waals surface area (Å²) in [6.45, 7) is 7.92. The quantitative estimate of drug-likeness (QED) is 0.882. The third-order valence-corrected chi connectivity index (χ3v) is 3.68. The number of hydrogen-bond acceptors (Lipinski definition) is 4. The third kappa shape index (κ3) is 3.79. The van der Waals surface area contributed by atoms with Gasteiger partial charge in [0.05, 0.1) is 25.2 Å². The van der Waals surface area contributed by atoms with Gasteiger partial charge in [-0.15, -0.1) is 0 Å². The van der Waals surface area contributed by atoms with Crippen LogP contribution in [-0.2, 0) is 21.6 Å². The predicted octanol–water partition coefficient (Wildman–Crippen LogP) is 3.53. The van der Waals surface area contributed by atoms with E-state index < -0.39 is 11.6 Å². The number of rotatable bonds is 6. The number of benzene rings is 1. The fourth-order valence-corrected chi connectivity index (χ4v) is 2.85. The molecule has 5 heteroatoms. The van der Waals surface area contributed by atoms with Crippen LogP contribution in [0.3, 0.4) is 0 Å². The first-order valence-electron chi connectivity index (χ1n) is 7.59. The molecule has 0 amide bonds. The van der Waals surface area contributed by atoms with Crippen molar-refractivity contribution in [2.75, 3.05) is 7.11 Å². The topological polar surface area (TPSA) is 68.7 Å². The average Bonchev–Trinajstić information content (AvgIpc) is 2.44. The van der Waals surface area contributed by atoms with Crippen molar-refractivity contribution in [3.8, 4) is 5.75 Å². The van der Waals surface area contributed by atoms with Crippen molar-refractivity contribution in [3.63, 3.8) is 0 Å². The average molecular weight is 317 g/mol. The number of hydrogen-bond donors (Lipinski definition) is 1. The Balaban J connectivity index is 2.66. The molecule has 0 unspecified atom stereocenters. The normalized spacial score (nSPS) is 11.9. The van der Waals surface area contributed by atoms with E-state index in [2.05, 4.69) is 4.98 Å². The SMILES string of the molecule is COc1cc2cncc(CC(=O)O)c2cc1C(C)(C)OC(C)C. The van der Waals surface area contributed by atoms with Gasteiger partial charge < -0.3 is 14.6 Å². The van der Waals surface area contributed by atoms with Crippen molar-refractivity contribution in [2.24, 2.45) is 0 Å². The molecule has 5 nitrogen and oxygen atoms in total. The largest absolute Gasteiger partial charge is 0.496 e. The summed E-state index contributed by atoms with van der Waals surface area (Å²) < 4.78 is 11.5. The number of carbonyl (C=O) groups is 1. The Bertz CT molecular complexity index is 722. The lowest BCUT2D eigenvalue weighted by atomic mass is 9.92. The lowest BCUT2D eigenvalue weighted by Gasteiger charge is -2.30. The second-order valence-corrected chi connectivity index (χ2v) is 6.32. The van der Waals surface area contributed by atoms with E-state index in [1.165, 1.54) is 0 Å². The molecule has 1 aromatic carbocycles. The molecule has 0 aliphatic rings. The van der Waals surface area contributed by atoms with Gasteiger partial charge in [0.25, 0.3) is 0 Å². The van der Waals surface area contributed by atoms with E-state index in [1.807, 2.05) is 39.8 Å². The Hall–Kier alpha value is -2.14. The van der Waals surface area contributed by atoms with Gasteiger partial charge in [0.1, 0.15) is 5.75 Å². The monoisotopic (exact) mass is 317 g/mol. The van der Waals surface area contributed by atoms with Crippen LogP contribution in [0.15, 0.2) is 24.5 Å². The zero-order valence-electron chi connectivity index (χ0n) is 14.2. The van der Waals surface area contributed by atoms with Gasteiger partial charge >= 0.3 is 5.97 Å². The molecule has 0 spiro atoms. The van der Waals surface area contributed by atoms with Crippen molar-refractivity contribution in [1.82, 2.24) is 4.98 Å². The number of carboxylic acid groups (broad SMARTS) is 1. The van der Waals surface area contributed by atoms with Crippen LogP contribution in [0.2, 0.25) is 0 Å². The molecule has 1 heterocycles. The number of methoxy groups -OCH3 is 1. The Morgan fingerprint density at radius 2 is 2.00 bits per heavy atom. The summed E-state index contributed by atoms with van der Waals surface area (Å²) >= 11 is 0. The number of pyridine rings is 1. The maximum atomic E-state index is 11.1. The lowest BCUT2D eigenvalue weighted by molar-refractivity contribution is -0.136. The summed E-state index contributed by atoms with van der Waals surface area (Å²) in [5.41, 5.74) is 1.01. The molecule has 0 fully saturated rings. The minimum atomic E-state index is -0.880. The van der Waals surface area contributed by atoms with E-state index in [-0.39, 0.29) is 12.5 Å². The molecule has 0 saturated heterocycles. The fourth-order valence-electron chi connectivity index (χ4n) is 2.85. The van der Waals surface area contributed by atoms with Crippen LogP contribution in [-0.4, -0.2) is 29.3 Å². The summed E-state index contributed by atoms with van der Waals surface area (Å²) in [5.74, 6) is -0.174. The Morgan fingerprint density at radius 3 is 2.57 bits per heavy atom. The second-order valence-electron chi connectivity index (χ2n) is 6.32. The summed E-state index contributed by atoms with van der Waals surface area (Å²) in [5, 5.41) is 10.8. The highest BCUT2D eigenvalue weighted by atomic mass is 16.5. The molecular formula is C18H23NO4. The van der Waals surface area contributed by atoms with Gasteiger partial charge in [0, 0.05) is 23.3 Å². The molecule has 0 radical (unpaired) electrons. The molecule has 0 atom stereocenters. The molecule has 2 rings (SSSR count). The second kappa shape index (κ2) is 6.54. The standard InChI is InChI=1S/C18H23NO4/c1-11(2)23-18(3,4)15-8-14-12(6-16(15)22-5)9-19-10-13(14)7-17(20)21/h6,8-11H,7H2,1-5H3,(H,20,21). The molecule has 1 aromatic heterocycles. The molecule has 124 valence electrons. The van der Waals surface area contributed by atoms with E-state index >= 15 is 0 Å². The van der Waals surface area contributed by atoms with Crippen molar-refractivity contribution >= 4 is 16.7 Å². The van der Waals surface area contributed by atoms with Gasteiger partial charge in [0.2, 0.25) is 0 Å². The summed E-state index contributed by atoms with van der Waals surface area (Å²) in [6.07, 6.45) is 3.30. The van der Waals surface area contributed by atoms with Crippen molar-refractivity contribution in [1.29, 1.82) is 0 Å². The Kier molecular flexibility index (Phi) is 4.90. The highest BCUT2D eigenvalue weighted by Crippen LogP contribution is 2.37. The smallest absolute Gasteiger partial charge is 0.307 e. The molecule has 23 heavy (non-hydrogen) atoms. The summed E-state index contributed by atoms with van der Waals surface area (Å²) in [7, 11) is 1.62. The van der Waals surface area contributed by atoms with Crippen LogP contribution < -0.4 is 4.74 Å². The van der Waals surface area contributed by atoms with Crippen LogP contribution in [0.4, 0.5) is 0 Å². The van der Waals surface area contributed by atoms with Crippen molar-refractivity contribution in [2.45, 2.75) is 45.8 Å². The van der Waals surface area contributed by atoms with Gasteiger partial charge in [-0.05, 0) is 50.8 Å². The minimum absolute atomic E-state index is 0.0568. The first-order valence-corrected chi connectivity index (χ1v) is 7.59. The summed E-state index contributed by atoms with van der Waals surface area (Å²) in [6, 6.07) is 3.84. The van der Waals surface area contributed by atoms with Gasteiger partial charge in [-0.2, -0.15) is 0 Å². The molecule has 0 bridgehead atoms. The van der Waals surface area contributed by atoms with Gasteiger partial charge in [-0.3, -0.25) is 9.78 Å². The highest BCUT2D eigenvalue weighted by molar-refractivity contribution is 5.90. The number of aromatic nitrogens is 1. The van der Waals surface area contributed by atoms with Crippen molar-refractivity contribution in [3.05, 3.63) is 35.7 Å². The van der Waals surface area contributed by atoms with Crippen LogP contribution in [0.5, 0.6) is 5.75 Å². The predicted molar refractivity (Wildman–Crippen MR) is 88.9 cm³/mol. The zero-order chi connectivity index (χ0) is 17.2.